The Hall–Kier alpha value is -0.0500. The second-order valence-electron chi connectivity index (χ2n) is 2.78. The summed E-state index contributed by atoms with van der Waals surface area (Å²) in [5, 5.41) is 2.84. The van der Waals surface area contributed by atoms with Crippen LogP contribution in [0.15, 0.2) is 11.4 Å². The van der Waals surface area contributed by atoms with E-state index in [1.807, 2.05) is 18.4 Å². The van der Waals surface area contributed by atoms with Crippen LogP contribution in [0.25, 0.3) is 0 Å². The summed E-state index contributed by atoms with van der Waals surface area (Å²) in [5.41, 5.74) is 5.74. The second-order valence-corrected chi connectivity index (χ2v) is 4.14. The van der Waals surface area contributed by atoms with Gasteiger partial charge in [-0.15, -0.1) is 11.3 Å². The quantitative estimate of drug-likeness (QED) is 0.761. The van der Waals surface area contributed by atoms with Crippen molar-refractivity contribution in [3.63, 3.8) is 0 Å². The molecule has 0 radical (unpaired) electrons. The van der Waals surface area contributed by atoms with Crippen LogP contribution in [0.3, 0.4) is 0 Å². The molecule has 11 heavy (non-hydrogen) atoms. The summed E-state index contributed by atoms with van der Waals surface area (Å²) >= 11 is 7.61. The van der Waals surface area contributed by atoms with E-state index in [9.17, 15) is 0 Å². The minimum absolute atomic E-state index is 0.172. The molecule has 0 aliphatic carbocycles. The molecular formula is C8H12ClNS. The lowest BCUT2D eigenvalue weighted by molar-refractivity contribution is 0.622. The molecular weight excluding hydrogens is 178 g/mol. The van der Waals surface area contributed by atoms with Crippen molar-refractivity contribution in [1.82, 2.24) is 0 Å². The van der Waals surface area contributed by atoms with Crippen molar-refractivity contribution in [2.24, 2.45) is 5.73 Å². The highest BCUT2D eigenvalue weighted by atomic mass is 35.5. The second kappa shape index (κ2) is 3.57. The monoisotopic (exact) mass is 189 g/mol. The van der Waals surface area contributed by atoms with E-state index >= 15 is 0 Å². The molecule has 1 heterocycles. The Labute approximate surface area is 76.2 Å². The number of halogens is 1. The highest BCUT2D eigenvalue weighted by Crippen LogP contribution is 2.30. The van der Waals surface area contributed by atoms with Gasteiger partial charge in [-0.3, -0.25) is 0 Å². The molecule has 0 fully saturated rings. The van der Waals surface area contributed by atoms with Gasteiger partial charge in [0.2, 0.25) is 0 Å². The van der Waals surface area contributed by atoms with Crippen molar-refractivity contribution in [3.8, 4) is 0 Å². The molecule has 0 spiro atoms. The largest absolute Gasteiger partial charge is 0.327 e. The molecule has 62 valence electrons. The summed E-state index contributed by atoms with van der Waals surface area (Å²) in [4.78, 5) is 1.20. The lowest BCUT2D eigenvalue weighted by Gasteiger charge is -2.13. The molecule has 1 aromatic heterocycles. The number of hydrogen-bond donors (Lipinski definition) is 1. The number of thiophene rings is 1. The van der Waals surface area contributed by atoms with Crippen LogP contribution in [0.2, 0.25) is 5.02 Å². The predicted molar refractivity (Wildman–Crippen MR) is 51.4 cm³/mol. The van der Waals surface area contributed by atoms with Gasteiger partial charge < -0.3 is 5.73 Å². The van der Waals surface area contributed by atoms with Gasteiger partial charge in [0.15, 0.2) is 0 Å². The summed E-state index contributed by atoms with van der Waals surface area (Å²) < 4.78 is 0. The van der Waals surface area contributed by atoms with Crippen molar-refractivity contribution in [2.75, 3.05) is 0 Å². The van der Waals surface area contributed by atoms with Crippen molar-refractivity contribution in [3.05, 3.63) is 21.3 Å². The number of nitrogens with two attached hydrogens (primary N) is 1. The first-order valence-electron chi connectivity index (χ1n) is 3.61. The van der Waals surface area contributed by atoms with Gasteiger partial charge >= 0.3 is 0 Å². The Morgan fingerprint density at radius 3 is 2.55 bits per heavy atom. The molecule has 0 aliphatic rings. The Kier molecular flexibility index (Phi) is 2.93. The lowest BCUT2D eigenvalue weighted by atomic mass is 10.0. The standard InChI is InChI=1S/C8H12ClNS/c1-5(6(2)10)8-7(9)3-4-11-8/h3-6H,10H2,1-2H3. The van der Waals surface area contributed by atoms with Gasteiger partial charge in [-0.05, 0) is 18.4 Å². The smallest absolute Gasteiger partial charge is 0.0548 e. The predicted octanol–water partition coefficient (Wildman–Crippen LogP) is 2.85. The van der Waals surface area contributed by atoms with Gasteiger partial charge in [0, 0.05) is 16.8 Å². The van der Waals surface area contributed by atoms with Gasteiger partial charge in [-0.25, -0.2) is 0 Å². The normalized spacial score (nSPS) is 16.4. The minimum Gasteiger partial charge on any atom is -0.327 e. The van der Waals surface area contributed by atoms with Gasteiger partial charge in [-0.1, -0.05) is 18.5 Å². The van der Waals surface area contributed by atoms with Crippen LogP contribution in [-0.4, -0.2) is 6.04 Å². The molecule has 1 aromatic rings. The van der Waals surface area contributed by atoms with Gasteiger partial charge in [0.1, 0.15) is 0 Å². The maximum atomic E-state index is 5.93. The summed E-state index contributed by atoms with van der Waals surface area (Å²) in [7, 11) is 0. The van der Waals surface area contributed by atoms with Crippen molar-refractivity contribution in [2.45, 2.75) is 25.8 Å². The zero-order chi connectivity index (χ0) is 8.43. The van der Waals surface area contributed by atoms with Crippen LogP contribution in [0.1, 0.15) is 24.6 Å². The highest BCUT2D eigenvalue weighted by molar-refractivity contribution is 7.10. The summed E-state index contributed by atoms with van der Waals surface area (Å²) in [6.07, 6.45) is 0. The average Bonchev–Trinajstić information content (AvgIpc) is 2.33. The molecule has 2 atom stereocenters. The Morgan fingerprint density at radius 2 is 2.18 bits per heavy atom. The molecule has 1 nitrogen and oxygen atoms in total. The maximum Gasteiger partial charge on any atom is 0.0548 e. The van der Waals surface area contributed by atoms with Gasteiger partial charge in [0.05, 0.1) is 5.02 Å². The van der Waals surface area contributed by atoms with Crippen LogP contribution in [0.5, 0.6) is 0 Å². The molecule has 2 N–H and O–H groups in total. The third-order valence-corrected chi connectivity index (χ3v) is 3.41. The fourth-order valence-corrected chi connectivity index (χ4v) is 2.27. The van der Waals surface area contributed by atoms with Crippen LogP contribution in [-0.2, 0) is 0 Å². The fourth-order valence-electron chi connectivity index (χ4n) is 0.869. The Morgan fingerprint density at radius 1 is 1.55 bits per heavy atom. The Balaban J connectivity index is 2.84. The third kappa shape index (κ3) is 1.95. The molecule has 0 aliphatic heterocycles. The molecule has 1 rings (SSSR count). The zero-order valence-corrected chi connectivity index (χ0v) is 8.25. The van der Waals surface area contributed by atoms with E-state index in [4.69, 9.17) is 17.3 Å². The summed E-state index contributed by atoms with van der Waals surface area (Å²) in [5.74, 6) is 0.363. The third-order valence-electron chi connectivity index (χ3n) is 1.85. The van der Waals surface area contributed by atoms with E-state index < -0.39 is 0 Å². The van der Waals surface area contributed by atoms with E-state index in [1.165, 1.54) is 4.88 Å². The van der Waals surface area contributed by atoms with E-state index in [2.05, 4.69) is 6.92 Å². The van der Waals surface area contributed by atoms with Gasteiger partial charge in [-0.2, -0.15) is 0 Å². The summed E-state index contributed by atoms with van der Waals surface area (Å²) in [6, 6.07) is 2.09. The molecule has 2 unspecified atom stereocenters. The van der Waals surface area contributed by atoms with Crippen molar-refractivity contribution in [1.29, 1.82) is 0 Å². The lowest BCUT2D eigenvalue weighted by Crippen LogP contribution is -2.21. The first kappa shape index (κ1) is 9.04. The topological polar surface area (TPSA) is 26.0 Å². The summed E-state index contributed by atoms with van der Waals surface area (Å²) in [6.45, 7) is 4.10. The fraction of sp³-hybridized carbons (Fsp3) is 0.500. The Bertz CT molecular complexity index is 232. The molecule has 0 bridgehead atoms. The van der Waals surface area contributed by atoms with Crippen LogP contribution >= 0.6 is 22.9 Å². The number of rotatable bonds is 2. The van der Waals surface area contributed by atoms with E-state index in [0.717, 1.165) is 5.02 Å². The molecule has 0 aromatic carbocycles. The highest BCUT2D eigenvalue weighted by Gasteiger charge is 2.14. The zero-order valence-electron chi connectivity index (χ0n) is 6.67. The van der Waals surface area contributed by atoms with Crippen LogP contribution in [0, 0.1) is 0 Å². The molecule has 3 heteroatoms. The average molecular weight is 190 g/mol. The van der Waals surface area contributed by atoms with E-state index in [0.29, 0.717) is 5.92 Å². The molecule has 0 saturated carbocycles. The van der Waals surface area contributed by atoms with Crippen molar-refractivity contribution >= 4 is 22.9 Å². The van der Waals surface area contributed by atoms with Crippen LogP contribution in [0.4, 0.5) is 0 Å². The van der Waals surface area contributed by atoms with E-state index in [1.54, 1.807) is 11.3 Å². The number of hydrogen-bond acceptors (Lipinski definition) is 2. The SMILES string of the molecule is CC(N)C(C)c1sccc1Cl. The first-order chi connectivity index (χ1) is 5.13. The van der Waals surface area contributed by atoms with Gasteiger partial charge in [0.25, 0.3) is 0 Å². The maximum absolute atomic E-state index is 5.93. The first-order valence-corrected chi connectivity index (χ1v) is 4.87. The molecule has 0 amide bonds. The van der Waals surface area contributed by atoms with Crippen LogP contribution < -0.4 is 5.73 Å². The minimum atomic E-state index is 0.172. The van der Waals surface area contributed by atoms with E-state index in [-0.39, 0.29) is 6.04 Å². The van der Waals surface area contributed by atoms with Crippen molar-refractivity contribution < 1.29 is 0 Å². The molecule has 0 saturated heterocycles.